The third-order valence-electron chi connectivity index (χ3n) is 2.99. The molecule has 1 aromatic rings. The Morgan fingerprint density at radius 1 is 1.32 bits per heavy atom. The Balaban J connectivity index is 2.41. The zero-order valence-electron chi connectivity index (χ0n) is 9.68. The molecule has 0 amide bonds. The summed E-state index contributed by atoms with van der Waals surface area (Å²) < 4.78 is 67.3. The molecule has 2 rings (SSSR count). The second-order valence-electron chi connectivity index (χ2n) is 4.26. The van der Waals surface area contributed by atoms with Gasteiger partial charge in [0.15, 0.2) is 0 Å². The van der Waals surface area contributed by atoms with Gasteiger partial charge in [0.05, 0.1) is 11.7 Å². The SMILES string of the molecule is OC1CCc2c(OCC(F)F)ccc(C(F)(F)F)c21. The molecule has 0 aliphatic heterocycles. The van der Waals surface area contributed by atoms with Crippen LogP contribution in [-0.4, -0.2) is 18.1 Å². The zero-order valence-corrected chi connectivity index (χ0v) is 9.68. The molecule has 7 heteroatoms. The van der Waals surface area contributed by atoms with Crippen molar-refractivity contribution in [1.29, 1.82) is 0 Å². The number of benzene rings is 1. The molecule has 1 unspecified atom stereocenters. The molecule has 0 radical (unpaired) electrons. The average Bonchev–Trinajstić information content (AvgIpc) is 2.67. The number of hydrogen-bond donors (Lipinski definition) is 1. The van der Waals surface area contributed by atoms with Crippen molar-refractivity contribution in [2.24, 2.45) is 0 Å². The molecule has 0 aromatic heterocycles. The Bertz CT molecular complexity index is 470. The van der Waals surface area contributed by atoms with Gasteiger partial charge in [-0.1, -0.05) is 0 Å². The number of halogens is 5. The molecule has 2 nitrogen and oxygen atoms in total. The van der Waals surface area contributed by atoms with E-state index in [2.05, 4.69) is 0 Å². The highest BCUT2D eigenvalue weighted by molar-refractivity contribution is 5.50. The lowest BCUT2D eigenvalue weighted by Gasteiger charge is -2.17. The summed E-state index contributed by atoms with van der Waals surface area (Å²) in [5.74, 6) is -0.0140. The maximum Gasteiger partial charge on any atom is 0.416 e. The molecule has 0 saturated heterocycles. The van der Waals surface area contributed by atoms with E-state index in [1.54, 1.807) is 0 Å². The van der Waals surface area contributed by atoms with Gasteiger partial charge in [-0.2, -0.15) is 13.2 Å². The molecule has 0 saturated carbocycles. The molecular weight excluding hydrogens is 271 g/mol. The number of ether oxygens (including phenoxy) is 1. The van der Waals surface area contributed by atoms with Crippen molar-refractivity contribution in [3.8, 4) is 5.75 Å². The van der Waals surface area contributed by atoms with Crippen LogP contribution in [0.4, 0.5) is 22.0 Å². The first-order chi connectivity index (χ1) is 8.80. The van der Waals surface area contributed by atoms with Crippen LogP contribution in [0.15, 0.2) is 12.1 Å². The van der Waals surface area contributed by atoms with Crippen molar-refractivity contribution >= 4 is 0 Å². The fourth-order valence-electron chi connectivity index (χ4n) is 2.24. The second-order valence-corrected chi connectivity index (χ2v) is 4.26. The predicted octanol–water partition coefficient (Wildman–Crippen LogP) is 3.33. The van der Waals surface area contributed by atoms with Crippen molar-refractivity contribution in [2.45, 2.75) is 31.5 Å². The molecule has 1 atom stereocenters. The Labute approximate surface area is 105 Å². The molecular formula is C12H11F5O2. The third-order valence-corrected chi connectivity index (χ3v) is 2.99. The first-order valence-corrected chi connectivity index (χ1v) is 5.62. The topological polar surface area (TPSA) is 29.5 Å². The molecule has 0 spiro atoms. The molecule has 0 heterocycles. The van der Waals surface area contributed by atoms with Crippen LogP contribution in [0.5, 0.6) is 5.75 Å². The van der Waals surface area contributed by atoms with Crippen molar-refractivity contribution in [3.05, 3.63) is 28.8 Å². The van der Waals surface area contributed by atoms with Gasteiger partial charge in [-0.25, -0.2) is 8.78 Å². The lowest BCUT2D eigenvalue weighted by Crippen LogP contribution is -2.13. The average molecular weight is 282 g/mol. The molecule has 1 aliphatic carbocycles. The summed E-state index contributed by atoms with van der Waals surface area (Å²) in [6.45, 7) is -0.881. The quantitative estimate of drug-likeness (QED) is 0.862. The van der Waals surface area contributed by atoms with E-state index in [0.29, 0.717) is 0 Å². The Morgan fingerprint density at radius 3 is 2.58 bits per heavy atom. The fraction of sp³-hybridized carbons (Fsp3) is 0.500. The standard InChI is InChI=1S/C12H11F5O2/c13-10(14)5-19-9-4-2-7(12(15,16)17)11-6(9)1-3-8(11)18/h2,4,8,10,18H,1,3,5H2. The Morgan fingerprint density at radius 2 is 2.00 bits per heavy atom. The van der Waals surface area contributed by atoms with Gasteiger partial charge >= 0.3 is 6.18 Å². The van der Waals surface area contributed by atoms with E-state index < -0.39 is 30.9 Å². The van der Waals surface area contributed by atoms with Gasteiger partial charge in [0, 0.05) is 5.56 Å². The fourth-order valence-corrected chi connectivity index (χ4v) is 2.24. The van der Waals surface area contributed by atoms with E-state index in [-0.39, 0.29) is 29.7 Å². The van der Waals surface area contributed by atoms with Crippen molar-refractivity contribution in [1.82, 2.24) is 0 Å². The molecule has 1 aliphatic rings. The van der Waals surface area contributed by atoms with Crippen LogP contribution in [-0.2, 0) is 12.6 Å². The van der Waals surface area contributed by atoms with Crippen LogP contribution in [0.1, 0.15) is 29.2 Å². The molecule has 0 fully saturated rings. The number of hydrogen-bond acceptors (Lipinski definition) is 2. The van der Waals surface area contributed by atoms with E-state index in [0.717, 1.165) is 12.1 Å². The summed E-state index contributed by atoms with van der Waals surface area (Å²) in [5.41, 5.74) is -1.01. The number of aliphatic hydroxyl groups excluding tert-OH is 1. The Kier molecular flexibility index (Phi) is 3.66. The van der Waals surface area contributed by atoms with Gasteiger partial charge in [-0.3, -0.25) is 0 Å². The van der Waals surface area contributed by atoms with Crippen LogP contribution < -0.4 is 4.74 Å². The summed E-state index contributed by atoms with van der Waals surface area (Å²) in [5, 5.41) is 9.62. The minimum atomic E-state index is -4.59. The van der Waals surface area contributed by atoms with Crippen LogP contribution in [0.25, 0.3) is 0 Å². The van der Waals surface area contributed by atoms with Gasteiger partial charge in [-0.05, 0) is 30.5 Å². The van der Waals surface area contributed by atoms with E-state index in [1.165, 1.54) is 0 Å². The van der Waals surface area contributed by atoms with E-state index >= 15 is 0 Å². The summed E-state index contributed by atoms with van der Waals surface area (Å²) in [6.07, 6.45) is -8.21. The van der Waals surface area contributed by atoms with E-state index in [1.807, 2.05) is 0 Å². The first-order valence-electron chi connectivity index (χ1n) is 5.62. The number of fused-ring (bicyclic) bond motifs is 1. The number of rotatable bonds is 3. The minimum Gasteiger partial charge on any atom is -0.487 e. The minimum absolute atomic E-state index is 0.0140. The van der Waals surface area contributed by atoms with E-state index in [9.17, 15) is 27.1 Å². The molecule has 19 heavy (non-hydrogen) atoms. The first kappa shape index (κ1) is 14.0. The van der Waals surface area contributed by atoms with Gasteiger partial charge in [0.1, 0.15) is 12.4 Å². The van der Waals surface area contributed by atoms with Crippen molar-refractivity contribution in [2.75, 3.05) is 6.61 Å². The van der Waals surface area contributed by atoms with Crippen molar-refractivity contribution in [3.63, 3.8) is 0 Å². The summed E-state index contributed by atoms with van der Waals surface area (Å²) in [7, 11) is 0. The Hall–Kier alpha value is -1.37. The predicted molar refractivity (Wildman–Crippen MR) is 56.2 cm³/mol. The molecule has 1 N–H and O–H groups in total. The maximum absolute atomic E-state index is 12.8. The van der Waals surface area contributed by atoms with Crippen LogP contribution >= 0.6 is 0 Å². The molecule has 0 bridgehead atoms. The zero-order chi connectivity index (χ0) is 14.2. The highest BCUT2D eigenvalue weighted by atomic mass is 19.4. The molecule has 106 valence electrons. The second kappa shape index (κ2) is 4.96. The smallest absolute Gasteiger partial charge is 0.416 e. The lowest BCUT2D eigenvalue weighted by molar-refractivity contribution is -0.139. The largest absolute Gasteiger partial charge is 0.487 e. The van der Waals surface area contributed by atoms with Gasteiger partial charge in [-0.15, -0.1) is 0 Å². The van der Waals surface area contributed by atoms with Crippen LogP contribution in [0.2, 0.25) is 0 Å². The van der Waals surface area contributed by atoms with E-state index in [4.69, 9.17) is 4.74 Å². The van der Waals surface area contributed by atoms with Gasteiger partial charge in [0.25, 0.3) is 6.43 Å². The van der Waals surface area contributed by atoms with Crippen LogP contribution in [0, 0.1) is 0 Å². The van der Waals surface area contributed by atoms with Gasteiger partial charge < -0.3 is 9.84 Å². The summed E-state index contributed by atoms with van der Waals surface area (Å²) >= 11 is 0. The normalized spacial score (nSPS) is 18.8. The maximum atomic E-state index is 12.8. The van der Waals surface area contributed by atoms with Gasteiger partial charge in [0.2, 0.25) is 0 Å². The third kappa shape index (κ3) is 2.80. The number of alkyl halides is 5. The van der Waals surface area contributed by atoms with Crippen molar-refractivity contribution < 1.29 is 31.8 Å². The summed E-state index contributed by atoms with van der Waals surface area (Å²) in [4.78, 5) is 0. The highest BCUT2D eigenvalue weighted by Gasteiger charge is 2.39. The summed E-state index contributed by atoms with van der Waals surface area (Å²) in [6, 6.07) is 1.79. The van der Waals surface area contributed by atoms with Crippen LogP contribution in [0.3, 0.4) is 0 Å². The highest BCUT2D eigenvalue weighted by Crippen LogP contribution is 2.44. The lowest BCUT2D eigenvalue weighted by atomic mass is 10.0. The number of aliphatic hydroxyl groups is 1. The molecule has 1 aromatic carbocycles. The monoisotopic (exact) mass is 282 g/mol.